The molecule has 112 valence electrons. The fourth-order valence-corrected chi connectivity index (χ4v) is 2.80. The van der Waals surface area contributed by atoms with Crippen LogP contribution in [0.3, 0.4) is 0 Å². The Hall–Kier alpha value is -2.08. The molecule has 1 N–H and O–H groups in total. The van der Waals surface area contributed by atoms with Gasteiger partial charge in [-0.05, 0) is 24.6 Å². The van der Waals surface area contributed by atoms with Gasteiger partial charge in [-0.2, -0.15) is 0 Å². The average molecular weight is 289 g/mol. The predicted octanol–water partition coefficient (Wildman–Crippen LogP) is 0.920. The molecule has 2 saturated heterocycles. The number of urea groups is 1. The lowest BCUT2D eigenvalue weighted by Crippen LogP contribution is -2.40. The lowest BCUT2D eigenvalue weighted by atomic mass is 9.92. The number of carbonyl (C=O) groups is 2. The number of rotatable bonds is 2. The van der Waals surface area contributed by atoms with Gasteiger partial charge < -0.3 is 15.0 Å². The van der Waals surface area contributed by atoms with E-state index in [1.807, 2.05) is 24.3 Å². The van der Waals surface area contributed by atoms with E-state index < -0.39 is 5.54 Å². The number of carbonyl (C=O) groups excluding carboxylic acids is 2. The van der Waals surface area contributed by atoms with Crippen molar-refractivity contribution in [3.63, 3.8) is 0 Å². The SMILES string of the molecule is CN1C(=O)N[C@@](C)(c2ccc(N3CCOCC3)cc2)C1=O. The Kier molecular flexibility index (Phi) is 3.33. The summed E-state index contributed by atoms with van der Waals surface area (Å²) in [4.78, 5) is 27.3. The number of benzene rings is 1. The van der Waals surface area contributed by atoms with Gasteiger partial charge >= 0.3 is 6.03 Å². The molecule has 2 aliphatic rings. The van der Waals surface area contributed by atoms with Gasteiger partial charge in [0.25, 0.3) is 5.91 Å². The minimum absolute atomic E-state index is 0.230. The molecule has 3 rings (SSSR count). The van der Waals surface area contributed by atoms with Crippen LogP contribution in [0.1, 0.15) is 12.5 Å². The summed E-state index contributed by atoms with van der Waals surface area (Å²) in [6.07, 6.45) is 0. The second-order valence-electron chi connectivity index (χ2n) is 5.57. The van der Waals surface area contributed by atoms with E-state index in [9.17, 15) is 9.59 Å². The number of nitrogens with one attached hydrogen (secondary N) is 1. The van der Waals surface area contributed by atoms with E-state index in [-0.39, 0.29) is 11.9 Å². The van der Waals surface area contributed by atoms with E-state index in [4.69, 9.17) is 4.74 Å². The van der Waals surface area contributed by atoms with E-state index in [0.717, 1.165) is 42.5 Å². The summed E-state index contributed by atoms with van der Waals surface area (Å²) < 4.78 is 5.34. The lowest BCUT2D eigenvalue weighted by molar-refractivity contribution is -0.130. The quantitative estimate of drug-likeness (QED) is 0.822. The van der Waals surface area contributed by atoms with E-state index >= 15 is 0 Å². The summed E-state index contributed by atoms with van der Waals surface area (Å²) in [7, 11) is 1.49. The molecule has 0 bridgehead atoms. The fraction of sp³-hybridized carbons (Fsp3) is 0.467. The van der Waals surface area contributed by atoms with E-state index in [1.165, 1.54) is 7.05 Å². The average Bonchev–Trinajstić information content (AvgIpc) is 2.73. The minimum atomic E-state index is -0.977. The van der Waals surface area contributed by atoms with Crippen molar-refractivity contribution in [1.29, 1.82) is 0 Å². The van der Waals surface area contributed by atoms with Gasteiger partial charge in [-0.15, -0.1) is 0 Å². The smallest absolute Gasteiger partial charge is 0.325 e. The molecule has 3 amide bonds. The second-order valence-corrected chi connectivity index (χ2v) is 5.57. The number of anilines is 1. The van der Waals surface area contributed by atoms with Gasteiger partial charge in [0.15, 0.2) is 0 Å². The van der Waals surface area contributed by atoms with Crippen molar-refractivity contribution in [2.45, 2.75) is 12.5 Å². The van der Waals surface area contributed by atoms with E-state index in [2.05, 4.69) is 10.2 Å². The van der Waals surface area contributed by atoms with Crippen LogP contribution < -0.4 is 10.2 Å². The first-order chi connectivity index (χ1) is 10.0. The molecule has 2 aliphatic heterocycles. The summed E-state index contributed by atoms with van der Waals surface area (Å²) in [6.45, 7) is 4.95. The summed E-state index contributed by atoms with van der Waals surface area (Å²) in [6, 6.07) is 7.43. The molecule has 1 aromatic rings. The molecule has 0 aliphatic carbocycles. The molecule has 1 aromatic carbocycles. The molecule has 0 saturated carbocycles. The monoisotopic (exact) mass is 289 g/mol. The fourth-order valence-electron chi connectivity index (χ4n) is 2.80. The number of ether oxygens (including phenoxy) is 1. The Labute approximate surface area is 123 Å². The summed E-state index contributed by atoms with van der Waals surface area (Å²) in [5.74, 6) is -0.230. The van der Waals surface area contributed by atoms with Gasteiger partial charge in [0.1, 0.15) is 5.54 Å². The van der Waals surface area contributed by atoms with Gasteiger partial charge in [0.05, 0.1) is 13.2 Å². The van der Waals surface area contributed by atoms with Crippen LogP contribution in [0, 0.1) is 0 Å². The van der Waals surface area contributed by atoms with Gasteiger partial charge in [-0.3, -0.25) is 9.69 Å². The molecule has 6 nitrogen and oxygen atoms in total. The van der Waals surface area contributed by atoms with Gasteiger partial charge in [-0.25, -0.2) is 4.79 Å². The highest BCUT2D eigenvalue weighted by atomic mass is 16.5. The van der Waals surface area contributed by atoms with Crippen molar-refractivity contribution in [1.82, 2.24) is 10.2 Å². The van der Waals surface area contributed by atoms with Crippen LogP contribution in [0.5, 0.6) is 0 Å². The first-order valence-electron chi connectivity index (χ1n) is 7.06. The molecule has 1 atom stereocenters. The van der Waals surface area contributed by atoms with Crippen molar-refractivity contribution in [2.75, 3.05) is 38.3 Å². The van der Waals surface area contributed by atoms with Gasteiger partial charge in [0.2, 0.25) is 0 Å². The van der Waals surface area contributed by atoms with Crippen LogP contribution in [0.25, 0.3) is 0 Å². The Morgan fingerprint density at radius 1 is 1.14 bits per heavy atom. The number of hydrogen-bond donors (Lipinski definition) is 1. The molecular weight excluding hydrogens is 270 g/mol. The summed E-state index contributed by atoms with van der Waals surface area (Å²) >= 11 is 0. The largest absolute Gasteiger partial charge is 0.378 e. The Bertz CT molecular complexity index is 566. The zero-order valence-corrected chi connectivity index (χ0v) is 12.3. The Balaban J connectivity index is 1.84. The van der Waals surface area contributed by atoms with Crippen LogP contribution in [0.15, 0.2) is 24.3 Å². The van der Waals surface area contributed by atoms with Gasteiger partial charge in [0, 0.05) is 25.8 Å². The maximum Gasteiger partial charge on any atom is 0.325 e. The van der Waals surface area contributed by atoms with Crippen LogP contribution in [0.4, 0.5) is 10.5 Å². The van der Waals surface area contributed by atoms with E-state index in [1.54, 1.807) is 6.92 Å². The molecule has 2 fully saturated rings. The molecule has 0 spiro atoms. The first-order valence-corrected chi connectivity index (χ1v) is 7.06. The third kappa shape index (κ3) is 2.25. The number of nitrogens with zero attached hydrogens (tertiary/aromatic N) is 2. The lowest BCUT2D eigenvalue weighted by Gasteiger charge is -2.29. The number of morpholine rings is 1. The van der Waals surface area contributed by atoms with Crippen molar-refractivity contribution in [2.24, 2.45) is 0 Å². The number of hydrogen-bond acceptors (Lipinski definition) is 4. The second kappa shape index (κ2) is 5.04. The van der Waals surface area contributed by atoms with Crippen molar-refractivity contribution in [3.8, 4) is 0 Å². The highest BCUT2D eigenvalue weighted by Gasteiger charge is 2.47. The molecule has 0 unspecified atom stereocenters. The number of likely N-dealkylation sites (N-methyl/N-ethyl adjacent to an activating group) is 1. The zero-order valence-electron chi connectivity index (χ0n) is 12.3. The highest BCUT2D eigenvalue weighted by molar-refractivity contribution is 6.06. The van der Waals surface area contributed by atoms with Crippen molar-refractivity contribution >= 4 is 17.6 Å². The van der Waals surface area contributed by atoms with Crippen molar-refractivity contribution in [3.05, 3.63) is 29.8 Å². The number of amides is 3. The van der Waals surface area contributed by atoms with Crippen molar-refractivity contribution < 1.29 is 14.3 Å². The van der Waals surface area contributed by atoms with Crippen LogP contribution >= 0.6 is 0 Å². The first kappa shape index (κ1) is 13.9. The molecule has 6 heteroatoms. The summed E-state index contributed by atoms with van der Waals surface area (Å²) in [5.41, 5.74) is 0.924. The third-order valence-corrected chi connectivity index (χ3v) is 4.21. The topological polar surface area (TPSA) is 61.9 Å². The highest BCUT2D eigenvalue weighted by Crippen LogP contribution is 2.29. The molecule has 0 radical (unpaired) electrons. The Morgan fingerprint density at radius 2 is 1.76 bits per heavy atom. The zero-order chi connectivity index (χ0) is 15.0. The standard InChI is InChI=1S/C15H19N3O3/c1-15(13(19)17(2)14(20)16-15)11-3-5-12(6-4-11)18-7-9-21-10-8-18/h3-6H,7-10H2,1-2H3,(H,16,20)/t15-/m0/s1. The van der Waals surface area contributed by atoms with Crippen LogP contribution in [0.2, 0.25) is 0 Å². The van der Waals surface area contributed by atoms with Crippen LogP contribution in [-0.2, 0) is 15.1 Å². The predicted molar refractivity (Wildman–Crippen MR) is 78.1 cm³/mol. The number of imide groups is 1. The normalized spacial score (nSPS) is 26.2. The van der Waals surface area contributed by atoms with Crippen LogP contribution in [-0.4, -0.2) is 50.2 Å². The summed E-state index contributed by atoms with van der Waals surface area (Å²) in [5, 5.41) is 2.75. The molecular formula is C15H19N3O3. The Morgan fingerprint density at radius 3 is 2.29 bits per heavy atom. The molecule has 2 heterocycles. The molecule has 21 heavy (non-hydrogen) atoms. The maximum atomic E-state index is 12.2. The molecule has 0 aromatic heterocycles. The minimum Gasteiger partial charge on any atom is -0.378 e. The maximum absolute atomic E-state index is 12.2. The third-order valence-electron chi connectivity index (χ3n) is 4.21. The van der Waals surface area contributed by atoms with Gasteiger partial charge in [-0.1, -0.05) is 12.1 Å². The van der Waals surface area contributed by atoms with E-state index in [0.29, 0.717) is 0 Å².